The molecule has 0 atom stereocenters. The first-order chi connectivity index (χ1) is 17.5. The van der Waals surface area contributed by atoms with E-state index in [1.165, 1.54) is 0 Å². The van der Waals surface area contributed by atoms with Crippen LogP contribution >= 0.6 is 46.4 Å². The van der Waals surface area contributed by atoms with Gasteiger partial charge in [-0.1, -0.05) is 101 Å². The molecule has 0 saturated heterocycles. The van der Waals surface area contributed by atoms with Crippen molar-refractivity contribution in [1.29, 1.82) is 0 Å². The van der Waals surface area contributed by atoms with Crippen LogP contribution in [0, 0.1) is 0 Å². The Hall–Kier alpha value is -3.14. The lowest BCUT2D eigenvalue weighted by molar-refractivity contribution is 1.40. The summed E-state index contributed by atoms with van der Waals surface area (Å²) in [4.78, 5) is 10.2. The second-order valence-electron chi connectivity index (χ2n) is 8.37. The Labute approximate surface area is 227 Å². The fourth-order valence-electron chi connectivity index (χ4n) is 4.48. The van der Waals surface area contributed by atoms with Crippen molar-refractivity contribution in [3.8, 4) is 11.3 Å². The molecule has 0 unspecified atom stereocenters. The van der Waals surface area contributed by atoms with Crippen LogP contribution in [0.5, 0.6) is 0 Å². The van der Waals surface area contributed by atoms with Crippen molar-refractivity contribution in [3.63, 3.8) is 0 Å². The highest BCUT2D eigenvalue weighted by atomic mass is 35.5. The molecular weight excluding hydrogens is 530 g/mol. The Kier molecular flexibility index (Phi) is 6.07. The van der Waals surface area contributed by atoms with Crippen molar-refractivity contribution in [3.05, 3.63) is 116 Å². The van der Waals surface area contributed by atoms with Crippen LogP contribution in [0.2, 0.25) is 20.1 Å². The zero-order valence-electron chi connectivity index (χ0n) is 18.6. The number of hydrogen-bond acceptors (Lipinski definition) is 2. The minimum Gasteiger partial charge on any atom is -0.247 e. The van der Waals surface area contributed by atoms with Gasteiger partial charge in [-0.15, -0.1) is 0 Å². The average Bonchev–Trinajstić information content (AvgIpc) is 2.87. The van der Waals surface area contributed by atoms with E-state index in [1.54, 1.807) is 12.1 Å². The van der Waals surface area contributed by atoms with E-state index < -0.39 is 0 Å². The van der Waals surface area contributed by atoms with Crippen molar-refractivity contribution in [2.75, 3.05) is 0 Å². The highest BCUT2D eigenvalue weighted by Gasteiger charge is 2.18. The maximum atomic E-state index is 6.70. The Morgan fingerprint density at radius 2 is 1.22 bits per heavy atom. The molecule has 0 fully saturated rings. The van der Waals surface area contributed by atoms with Gasteiger partial charge in [-0.3, -0.25) is 0 Å². The summed E-state index contributed by atoms with van der Waals surface area (Å²) >= 11 is 25.5. The quantitative estimate of drug-likeness (QED) is 0.163. The van der Waals surface area contributed by atoms with Crippen LogP contribution in [0.25, 0.3) is 56.1 Å². The molecule has 174 valence electrons. The van der Waals surface area contributed by atoms with Crippen molar-refractivity contribution in [2.24, 2.45) is 0 Å². The van der Waals surface area contributed by atoms with Crippen LogP contribution < -0.4 is 0 Å². The predicted molar refractivity (Wildman–Crippen MR) is 155 cm³/mol. The number of aromatic nitrogens is 2. The third-order valence-corrected chi connectivity index (χ3v) is 7.25. The van der Waals surface area contributed by atoms with Crippen LogP contribution in [0.15, 0.2) is 84.9 Å². The summed E-state index contributed by atoms with van der Waals surface area (Å²) in [5, 5.41) is 5.11. The van der Waals surface area contributed by atoms with Gasteiger partial charge in [-0.05, 0) is 53.6 Å². The number of hydrogen-bond donors (Lipinski definition) is 0. The van der Waals surface area contributed by atoms with Crippen LogP contribution in [-0.2, 0) is 0 Å². The zero-order chi connectivity index (χ0) is 24.8. The monoisotopic (exact) mass is 544 g/mol. The molecule has 6 rings (SSSR count). The summed E-state index contributed by atoms with van der Waals surface area (Å²) in [7, 11) is 0. The number of para-hydroxylation sites is 2. The van der Waals surface area contributed by atoms with Crippen molar-refractivity contribution < 1.29 is 0 Å². The van der Waals surface area contributed by atoms with E-state index in [-0.39, 0.29) is 0 Å². The highest BCUT2D eigenvalue weighted by Crippen LogP contribution is 2.40. The average molecular weight is 546 g/mol. The second-order valence-corrected chi connectivity index (χ2v) is 10.1. The van der Waals surface area contributed by atoms with Crippen LogP contribution in [0.4, 0.5) is 0 Å². The van der Waals surface area contributed by atoms with Gasteiger partial charge < -0.3 is 0 Å². The van der Waals surface area contributed by atoms with Gasteiger partial charge in [0.1, 0.15) is 0 Å². The Morgan fingerprint density at radius 3 is 1.94 bits per heavy atom. The number of nitrogens with zero attached hydrogens (tertiary/aromatic N) is 2. The molecule has 2 aromatic heterocycles. The Bertz CT molecular complexity index is 1840. The summed E-state index contributed by atoms with van der Waals surface area (Å²) in [6, 6.07) is 27.0. The maximum absolute atomic E-state index is 6.70. The molecule has 0 radical (unpaired) electrons. The first-order valence-electron chi connectivity index (χ1n) is 11.2. The van der Waals surface area contributed by atoms with Gasteiger partial charge in [-0.2, -0.15) is 0 Å². The van der Waals surface area contributed by atoms with Crippen LogP contribution in [0.1, 0.15) is 11.1 Å². The van der Waals surface area contributed by atoms with Crippen molar-refractivity contribution in [1.82, 2.24) is 9.97 Å². The van der Waals surface area contributed by atoms with Crippen molar-refractivity contribution >= 4 is 91.3 Å². The number of benzene rings is 4. The van der Waals surface area contributed by atoms with Gasteiger partial charge in [0.2, 0.25) is 0 Å². The largest absolute Gasteiger partial charge is 0.247 e. The van der Waals surface area contributed by atoms with Gasteiger partial charge in [0, 0.05) is 36.8 Å². The molecular formula is C30H16Cl4N2. The van der Waals surface area contributed by atoms with E-state index in [2.05, 4.69) is 12.1 Å². The zero-order valence-corrected chi connectivity index (χ0v) is 21.7. The lowest BCUT2D eigenvalue weighted by atomic mass is 9.95. The number of rotatable bonds is 3. The SMILES string of the molecule is Clc1ccc(/C=C/c2c3ccccc3nc3c2c(-c2ccc(Cl)cc2Cl)nc2ccccc23)c(Cl)c1. The molecule has 2 heterocycles. The molecule has 0 amide bonds. The van der Waals surface area contributed by atoms with Gasteiger partial charge in [0.05, 0.1) is 27.3 Å². The lowest BCUT2D eigenvalue weighted by Crippen LogP contribution is -1.96. The van der Waals surface area contributed by atoms with Gasteiger partial charge in [0.25, 0.3) is 0 Å². The minimum absolute atomic E-state index is 0.524. The summed E-state index contributed by atoms with van der Waals surface area (Å²) in [6.45, 7) is 0. The third-order valence-electron chi connectivity index (χ3n) is 6.14. The molecule has 0 spiro atoms. The lowest BCUT2D eigenvalue weighted by Gasteiger charge is -2.15. The summed E-state index contributed by atoms with van der Waals surface area (Å²) in [5.74, 6) is 0. The van der Waals surface area contributed by atoms with Gasteiger partial charge >= 0.3 is 0 Å². The van der Waals surface area contributed by atoms with Gasteiger partial charge in [-0.25, -0.2) is 9.97 Å². The number of fused-ring (bicyclic) bond motifs is 4. The van der Waals surface area contributed by atoms with Gasteiger partial charge in [0.15, 0.2) is 0 Å². The second kappa shape index (κ2) is 9.38. The fraction of sp³-hybridized carbons (Fsp3) is 0. The van der Waals surface area contributed by atoms with E-state index >= 15 is 0 Å². The molecule has 0 N–H and O–H groups in total. The first kappa shape index (κ1) is 23.3. The smallest absolute Gasteiger partial charge is 0.0831 e. The topological polar surface area (TPSA) is 25.8 Å². The predicted octanol–water partition coefficient (Wildman–Crippen LogP) is 10.4. The fourth-order valence-corrected chi connectivity index (χ4v) is 5.45. The summed E-state index contributed by atoms with van der Waals surface area (Å²) in [5.41, 5.74) is 5.93. The van der Waals surface area contributed by atoms with E-state index in [4.69, 9.17) is 56.4 Å². The van der Waals surface area contributed by atoms with Crippen LogP contribution in [0.3, 0.4) is 0 Å². The molecule has 6 heteroatoms. The third kappa shape index (κ3) is 4.11. The molecule has 0 aliphatic rings. The number of pyridine rings is 2. The molecule has 2 nitrogen and oxygen atoms in total. The standard InChI is InChI=1S/C30H16Cl4N2/c31-18-11-9-17(24(33)15-18)10-13-21-20-5-1-3-7-26(20)35-30-23-6-2-4-8-27(23)36-29(28(21)30)22-14-12-19(32)16-25(22)34/h1-16H/b13-10+. The van der Waals surface area contributed by atoms with E-state index in [9.17, 15) is 0 Å². The first-order valence-corrected chi connectivity index (χ1v) is 12.7. The highest BCUT2D eigenvalue weighted by molar-refractivity contribution is 6.37. The van der Waals surface area contributed by atoms with E-state index in [0.29, 0.717) is 20.1 Å². The van der Waals surface area contributed by atoms with E-state index in [1.807, 2.05) is 72.8 Å². The molecule has 6 aromatic rings. The molecule has 36 heavy (non-hydrogen) atoms. The van der Waals surface area contributed by atoms with E-state index in [0.717, 1.165) is 55.1 Å². The molecule has 4 aromatic carbocycles. The number of halogens is 4. The van der Waals surface area contributed by atoms with Crippen molar-refractivity contribution in [2.45, 2.75) is 0 Å². The maximum Gasteiger partial charge on any atom is 0.0831 e. The Morgan fingerprint density at radius 1 is 0.583 bits per heavy atom. The summed E-state index contributed by atoms with van der Waals surface area (Å²) < 4.78 is 0. The molecule has 0 aliphatic heterocycles. The molecule has 0 bridgehead atoms. The summed E-state index contributed by atoms with van der Waals surface area (Å²) in [6.07, 6.45) is 4.05. The normalized spacial score (nSPS) is 11.8. The Balaban J connectivity index is 1.77. The molecule has 0 saturated carbocycles. The minimum atomic E-state index is 0.524. The molecule has 0 aliphatic carbocycles. The van der Waals surface area contributed by atoms with Crippen LogP contribution in [-0.4, -0.2) is 9.97 Å².